The summed E-state index contributed by atoms with van der Waals surface area (Å²) in [5, 5.41) is 11.3. The molecule has 0 bridgehead atoms. The molecule has 1 saturated heterocycles. The van der Waals surface area contributed by atoms with E-state index in [1.165, 1.54) is 18.3 Å². The minimum Gasteiger partial charge on any atom is -0.306 e. The Morgan fingerprint density at radius 2 is 2.04 bits per heavy atom. The number of anilines is 1. The minimum atomic E-state index is 0.0196. The molecule has 2 aliphatic rings. The lowest BCUT2D eigenvalue weighted by Crippen LogP contribution is -2.40. The van der Waals surface area contributed by atoms with Gasteiger partial charge < -0.3 is 4.90 Å². The second-order valence-electron chi connectivity index (χ2n) is 7.12. The summed E-state index contributed by atoms with van der Waals surface area (Å²) in [5.74, 6) is 0.0196. The molecule has 1 atom stereocenters. The van der Waals surface area contributed by atoms with Crippen molar-refractivity contribution in [2.75, 3.05) is 18.0 Å². The van der Waals surface area contributed by atoms with Gasteiger partial charge in [0.05, 0.1) is 5.69 Å². The number of tetrazole rings is 1. The van der Waals surface area contributed by atoms with Gasteiger partial charge in [-0.25, -0.2) is 4.68 Å². The first-order chi connectivity index (χ1) is 13.3. The van der Waals surface area contributed by atoms with Crippen LogP contribution in [0.1, 0.15) is 28.8 Å². The number of nitrogens with zero attached hydrogens (tertiary/aromatic N) is 6. The highest BCUT2D eigenvalue weighted by Gasteiger charge is 2.33. The molecule has 0 radical (unpaired) electrons. The van der Waals surface area contributed by atoms with Crippen LogP contribution < -0.4 is 4.90 Å². The van der Waals surface area contributed by atoms with Gasteiger partial charge in [0.15, 0.2) is 0 Å². The van der Waals surface area contributed by atoms with Crippen molar-refractivity contribution in [2.45, 2.75) is 25.4 Å². The SMILES string of the molecule is O=C(c1cccc(-n2cnnn2)c1)N1CC2CCCN2Cc2ccccc21. The molecule has 7 nitrogen and oxygen atoms in total. The summed E-state index contributed by atoms with van der Waals surface area (Å²) >= 11 is 0. The van der Waals surface area contributed by atoms with E-state index in [9.17, 15) is 4.79 Å². The number of carbonyl (C=O) groups excluding carboxylic acids is 1. The topological polar surface area (TPSA) is 67.2 Å². The lowest BCUT2D eigenvalue weighted by molar-refractivity contribution is 0.0981. The average Bonchev–Trinajstić information content (AvgIpc) is 3.37. The lowest BCUT2D eigenvalue weighted by Gasteiger charge is -2.26. The molecule has 1 fully saturated rings. The molecule has 2 aromatic carbocycles. The van der Waals surface area contributed by atoms with Crippen molar-refractivity contribution in [2.24, 2.45) is 0 Å². The first-order valence-electron chi connectivity index (χ1n) is 9.27. The molecule has 0 aliphatic carbocycles. The summed E-state index contributed by atoms with van der Waals surface area (Å²) in [4.78, 5) is 17.9. The van der Waals surface area contributed by atoms with Gasteiger partial charge in [-0.2, -0.15) is 0 Å². The number of benzene rings is 2. The second-order valence-corrected chi connectivity index (χ2v) is 7.12. The summed E-state index contributed by atoms with van der Waals surface area (Å²) in [6.07, 6.45) is 3.87. The van der Waals surface area contributed by atoms with Gasteiger partial charge >= 0.3 is 0 Å². The van der Waals surface area contributed by atoms with E-state index in [-0.39, 0.29) is 5.91 Å². The maximum absolute atomic E-state index is 13.5. The zero-order valence-electron chi connectivity index (χ0n) is 14.9. The van der Waals surface area contributed by atoms with Gasteiger partial charge in [-0.15, -0.1) is 5.10 Å². The van der Waals surface area contributed by atoms with Crippen LogP contribution in [0.25, 0.3) is 5.69 Å². The van der Waals surface area contributed by atoms with Gasteiger partial charge in [0.25, 0.3) is 5.91 Å². The minimum absolute atomic E-state index is 0.0196. The summed E-state index contributed by atoms with van der Waals surface area (Å²) in [6, 6.07) is 16.1. The molecular weight excluding hydrogens is 340 g/mol. The fourth-order valence-electron chi connectivity index (χ4n) is 4.16. The normalized spacial score (nSPS) is 19.4. The fourth-order valence-corrected chi connectivity index (χ4v) is 4.16. The molecule has 2 aliphatic heterocycles. The smallest absolute Gasteiger partial charge is 0.258 e. The number of hydrogen-bond acceptors (Lipinski definition) is 5. The summed E-state index contributed by atoms with van der Waals surface area (Å²) in [5.41, 5.74) is 3.65. The molecule has 3 heterocycles. The molecule has 3 aromatic rings. The molecule has 27 heavy (non-hydrogen) atoms. The van der Waals surface area contributed by atoms with Gasteiger partial charge in [0.1, 0.15) is 6.33 Å². The van der Waals surface area contributed by atoms with Gasteiger partial charge in [0.2, 0.25) is 0 Å². The Labute approximate surface area is 157 Å². The zero-order valence-corrected chi connectivity index (χ0v) is 14.9. The molecule has 0 N–H and O–H groups in total. The monoisotopic (exact) mass is 360 g/mol. The Balaban J connectivity index is 1.53. The Bertz CT molecular complexity index is 970. The molecule has 0 saturated carbocycles. The number of carbonyl (C=O) groups is 1. The van der Waals surface area contributed by atoms with Gasteiger partial charge in [-0.3, -0.25) is 9.69 Å². The number of rotatable bonds is 2. The molecule has 136 valence electrons. The first-order valence-corrected chi connectivity index (χ1v) is 9.27. The van der Waals surface area contributed by atoms with E-state index in [2.05, 4.69) is 38.6 Å². The Kier molecular flexibility index (Phi) is 3.94. The van der Waals surface area contributed by atoms with E-state index in [0.29, 0.717) is 11.6 Å². The molecule has 1 amide bonds. The summed E-state index contributed by atoms with van der Waals surface area (Å²) in [7, 11) is 0. The molecule has 0 spiro atoms. The van der Waals surface area contributed by atoms with Gasteiger partial charge in [-0.05, 0) is 59.6 Å². The summed E-state index contributed by atoms with van der Waals surface area (Å²) < 4.78 is 1.56. The van der Waals surface area contributed by atoms with E-state index in [1.807, 2.05) is 35.2 Å². The van der Waals surface area contributed by atoms with Crippen LogP contribution in [0.15, 0.2) is 54.9 Å². The van der Waals surface area contributed by atoms with E-state index in [1.54, 1.807) is 4.68 Å². The van der Waals surface area contributed by atoms with Crippen molar-refractivity contribution in [1.29, 1.82) is 0 Å². The third-order valence-electron chi connectivity index (χ3n) is 5.50. The van der Waals surface area contributed by atoms with E-state index in [0.717, 1.165) is 37.4 Å². The van der Waals surface area contributed by atoms with Crippen molar-refractivity contribution in [3.8, 4) is 5.69 Å². The molecule has 1 aromatic heterocycles. The third-order valence-corrected chi connectivity index (χ3v) is 5.50. The van der Waals surface area contributed by atoms with Crippen molar-refractivity contribution in [3.63, 3.8) is 0 Å². The maximum atomic E-state index is 13.5. The highest BCUT2D eigenvalue weighted by atomic mass is 16.2. The standard InChI is InChI=1S/C20H20N6O/c27-20(15-6-3-7-17(11-15)26-14-21-22-23-26)25-13-18-8-4-10-24(18)12-16-5-1-2-9-19(16)25/h1-3,5-7,9,11,14,18H,4,8,10,12-13H2. The Morgan fingerprint density at radius 3 is 2.93 bits per heavy atom. The van der Waals surface area contributed by atoms with Gasteiger partial charge in [0, 0.05) is 30.4 Å². The number of para-hydroxylation sites is 1. The average molecular weight is 360 g/mol. The largest absolute Gasteiger partial charge is 0.306 e. The number of fused-ring (bicyclic) bond motifs is 2. The van der Waals surface area contributed by atoms with Crippen LogP contribution in [0.3, 0.4) is 0 Å². The Morgan fingerprint density at radius 1 is 1.11 bits per heavy atom. The lowest BCUT2D eigenvalue weighted by atomic mass is 10.1. The fraction of sp³-hybridized carbons (Fsp3) is 0.300. The molecule has 7 heteroatoms. The van der Waals surface area contributed by atoms with Crippen LogP contribution in [0.5, 0.6) is 0 Å². The second kappa shape index (κ2) is 6.59. The Hall–Kier alpha value is -3.06. The summed E-state index contributed by atoms with van der Waals surface area (Å²) in [6.45, 7) is 2.75. The van der Waals surface area contributed by atoms with Crippen LogP contribution in [-0.2, 0) is 6.54 Å². The quantitative estimate of drug-likeness (QED) is 0.701. The van der Waals surface area contributed by atoms with E-state index < -0.39 is 0 Å². The van der Waals surface area contributed by atoms with Crippen LogP contribution in [0, 0.1) is 0 Å². The van der Waals surface area contributed by atoms with Gasteiger partial charge in [-0.1, -0.05) is 24.3 Å². The predicted molar refractivity (Wildman–Crippen MR) is 101 cm³/mol. The van der Waals surface area contributed by atoms with E-state index in [4.69, 9.17) is 0 Å². The predicted octanol–water partition coefficient (Wildman–Crippen LogP) is 2.29. The molecular formula is C20H20N6O. The molecule has 5 rings (SSSR count). The van der Waals surface area contributed by atoms with Crippen molar-refractivity contribution in [3.05, 3.63) is 66.0 Å². The van der Waals surface area contributed by atoms with Crippen LogP contribution in [0.4, 0.5) is 5.69 Å². The zero-order chi connectivity index (χ0) is 18.2. The highest BCUT2D eigenvalue weighted by molar-refractivity contribution is 6.07. The molecule has 1 unspecified atom stereocenters. The van der Waals surface area contributed by atoms with Crippen LogP contribution in [-0.4, -0.2) is 50.1 Å². The third kappa shape index (κ3) is 2.90. The van der Waals surface area contributed by atoms with Crippen molar-refractivity contribution >= 4 is 11.6 Å². The maximum Gasteiger partial charge on any atom is 0.258 e. The van der Waals surface area contributed by atoms with Crippen LogP contribution in [0.2, 0.25) is 0 Å². The van der Waals surface area contributed by atoms with Crippen molar-refractivity contribution < 1.29 is 4.79 Å². The number of aromatic nitrogens is 4. The number of hydrogen-bond donors (Lipinski definition) is 0. The van der Waals surface area contributed by atoms with Crippen LogP contribution >= 0.6 is 0 Å². The van der Waals surface area contributed by atoms with Crippen molar-refractivity contribution in [1.82, 2.24) is 25.1 Å². The first kappa shape index (κ1) is 16.1. The highest BCUT2D eigenvalue weighted by Crippen LogP contribution is 2.32. The number of amides is 1. The van der Waals surface area contributed by atoms with E-state index >= 15 is 0 Å².